The first-order valence-electron chi connectivity index (χ1n) is 13.0. The fourth-order valence-electron chi connectivity index (χ4n) is 5.76. The van der Waals surface area contributed by atoms with E-state index in [-0.39, 0.29) is 10.6 Å². The second kappa shape index (κ2) is 9.23. The van der Waals surface area contributed by atoms with Gasteiger partial charge in [0.2, 0.25) is 0 Å². The van der Waals surface area contributed by atoms with Crippen molar-refractivity contribution in [2.75, 3.05) is 0 Å². The van der Waals surface area contributed by atoms with Gasteiger partial charge in [0.1, 0.15) is 0 Å². The van der Waals surface area contributed by atoms with Crippen molar-refractivity contribution >= 4 is 70.3 Å². The molecule has 0 radical (unpaired) electrons. The van der Waals surface area contributed by atoms with Gasteiger partial charge in [-0.25, -0.2) is 0 Å². The Kier molecular flexibility index (Phi) is 5.42. The molecule has 0 bridgehead atoms. The largest absolute Gasteiger partial charge is 0.277 e. The molecule has 0 saturated carbocycles. The Hall–Kier alpha value is -5.28. The monoisotopic (exact) mass is 501 g/mol. The highest BCUT2D eigenvalue weighted by atomic mass is 16.6. The lowest BCUT2D eigenvalue weighted by molar-refractivity contribution is -0.382. The summed E-state index contributed by atoms with van der Waals surface area (Å²) in [6.07, 6.45) is 0. The molecule has 0 N–H and O–H groups in total. The van der Waals surface area contributed by atoms with Gasteiger partial charge in [-0.15, -0.1) is 0 Å². The predicted molar refractivity (Wildman–Crippen MR) is 165 cm³/mol. The van der Waals surface area contributed by atoms with Crippen molar-refractivity contribution in [2.24, 2.45) is 0 Å². The maximum atomic E-state index is 11.4. The predicted octanol–water partition coefficient (Wildman–Crippen LogP) is 10.2. The summed E-state index contributed by atoms with van der Waals surface area (Å²) in [5, 5.41) is 25.1. The van der Waals surface area contributed by atoms with Gasteiger partial charge in [-0.1, -0.05) is 127 Å². The van der Waals surface area contributed by atoms with E-state index in [2.05, 4.69) is 78.9 Å². The summed E-state index contributed by atoms with van der Waals surface area (Å²) in [6.45, 7) is 0. The second-order valence-corrected chi connectivity index (χ2v) is 9.75. The Morgan fingerprint density at radius 3 is 1.15 bits per heavy atom. The fourth-order valence-corrected chi connectivity index (χ4v) is 5.76. The number of non-ortho nitro benzene ring substituents is 1. The topological polar surface area (TPSA) is 43.1 Å². The molecule has 0 spiro atoms. The van der Waals surface area contributed by atoms with Gasteiger partial charge in [0.25, 0.3) is 5.69 Å². The molecule has 184 valence electrons. The van der Waals surface area contributed by atoms with Gasteiger partial charge >= 0.3 is 0 Å². The molecule has 0 saturated heterocycles. The van der Waals surface area contributed by atoms with Crippen molar-refractivity contribution in [1.29, 1.82) is 0 Å². The molecule has 0 unspecified atom stereocenters. The van der Waals surface area contributed by atoms with Gasteiger partial charge < -0.3 is 0 Å². The Bertz CT molecular complexity index is 2140. The van der Waals surface area contributed by atoms with Crippen LogP contribution in [-0.2, 0) is 0 Å². The van der Waals surface area contributed by atoms with Crippen LogP contribution in [0, 0.1) is 10.1 Å². The Labute approximate surface area is 224 Å². The van der Waals surface area contributed by atoms with Crippen molar-refractivity contribution in [1.82, 2.24) is 0 Å². The average Bonchev–Trinajstić information content (AvgIpc) is 3.00. The van der Waals surface area contributed by atoms with Crippen LogP contribution in [0.25, 0.3) is 64.6 Å². The standard InChI is InChI=1S/C18H11NO2.C18H12/c20-19(21)18-11-17-13-6-2-1-5-12(13)9-10-15(17)14-7-3-4-8-16(14)18;1-3-7-15-13(5-1)9-11-18-16-8-4-2-6-14(16)10-12-17(15)18/h1-11H;1-12H. The van der Waals surface area contributed by atoms with Gasteiger partial charge in [0.15, 0.2) is 0 Å². The number of nitro groups is 1. The average molecular weight is 502 g/mol. The number of hydrogen-bond donors (Lipinski definition) is 0. The van der Waals surface area contributed by atoms with E-state index in [0.29, 0.717) is 5.39 Å². The molecule has 3 heteroatoms. The Morgan fingerprint density at radius 1 is 0.359 bits per heavy atom. The molecule has 8 rings (SSSR count). The third-order valence-electron chi connectivity index (χ3n) is 7.59. The van der Waals surface area contributed by atoms with Crippen LogP contribution in [0.4, 0.5) is 5.69 Å². The van der Waals surface area contributed by atoms with Crippen LogP contribution in [-0.4, -0.2) is 4.92 Å². The molecule has 8 aromatic carbocycles. The number of nitrogens with zero attached hydrogens (tertiary/aromatic N) is 1. The van der Waals surface area contributed by atoms with Crippen molar-refractivity contribution in [3.05, 3.63) is 150 Å². The van der Waals surface area contributed by atoms with Crippen molar-refractivity contribution in [3.63, 3.8) is 0 Å². The van der Waals surface area contributed by atoms with E-state index in [4.69, 9.17) is 0 Å². The first-order valence-corrected chi connectivity index (χ1v) is 13.0. The number of nitro benzene ring substituents is 1. The molecule has 0 aliphatic carbocycles. The van der Waals surface area contributed by atoms with Crippen LogP contribution in [0.3, 0.4) is 0 Å². The van der Waals surface area contributed by atoms with Gasteiger partial charge in [0, 0.05) is 6.07 Å². The molecule has 0 aromatic heterocycles. The van der Waals surface area contributed by atoms with E-state index in [9.17, 15) is 10.1 Å². The van der Waals surface area contributed by atoms with Gasteiger partial charge in [-0.2, -0.15) is 0 Å². The lowest BCUT2D eigenvalue weighted by Crippen LogP contribution is -1.91. The van der Waals surface area contributed by atoms with E-state index in [0.717, 1.165) is 26.9 Å². The molecule has 0 heterocycles. The van der Waals surface area contributed by atoms with Crippen molar-refractivity contribution in [2.45, 2.75) is 0 Å². The molecular formula is C36H23NO2. The Morgan fingerprint density at radius 2 is 0.692 bits per heavy atom. The van der Waals surface area contributed by atoms with E-state index in [1.165, 1.54) is 32.3 Å². The first-order chi connectivity index (χ1) is 19.2. The smallest absolute Gasteiger partial charge is 0.258 e. The third kappa shape index (κ3) is 3.84. The summed E-state index contributed by atoms with van der Waals surface area (Å²) < 4.78 is 0. The van der Waals surface area contributed by atoms with E-state index in [1.807, 2.05) is 54.6 Å². The second-order valence-electron chi connectivity index (χ2n) is 9.75. The fraction of sp³-hybridized carbons (Fsp3) is 0. The molecule has 0 fully saturated rings. The number of fused-ring (bicyclic) bond motifs is 10. The summed E-state index contributed by atoms with van der Waals surface area (Å²) in [6, 6.07) is 47.3. The zero-order valence-corrected chi connectivity index (χ0v) is 21.0. The van der Waals surface area contributed by atoms with E-state index < -0.39 is 0 Å². The SMILES string of the molecule is O=[N+]([O-])c1cc2c3ccccc3ccc2c2ccccc12.c1ccc2c(c1)ccc1c3ccccc3ccc21. The van der Waals surface area contributed by atoms with E-state index >= 15 is 0 Å². The quantitative estimate of drug-likeness (QED) is 0.128. The third-order valence-corrected chi connectivity index (χ3v) is 7.59. The highest BCUT2D eigenvalue weighted by Gasteiger charge is 2.15. The maximum Gasteiger partial charge on any atom is 0.277 e. The van der Waals surface area contributed by atoms with Crippen molar-refractivity contribution in [3.8, 4) is 0 Å². The highest BCUT2D eigenvalue weighted by molar-refractivity contribution is 6.20. The summed E-state index contributed by atoms with van der Waals surface area (Å²) in [4.78, 5) is 11.1. The molecule has 0 aliphatic rings. The molecule has 0 aliphatic heterocycles. The first kappa shape index (κ1) is 22.9. The normalized spacial score (nSPS) is 11.3. The van der Waals surface area contributed by atoms with Crippen LogP contribution in [0.2, 0.25) is 0 Å². The van der Waals surface area contributed by atoms with E-state index in [1.54, 1.807) is 6.07 Å². The minimum absolute atomic E-state index is 0.162. The highest BCUT2D eigenvalue weighted by Crippen LogP contribution is 2.36. The van der Waals surface area contributed by atoms with Gasteiger partial charge in [-0.05, 0) is 65.3 Å². The lowest BCUT2D eigenvalue weighted by Gasteiger charge is -2.08. The summed E-state index contributed by atoms with van der Waals surface area (Å²) in [5.74, 6) is 0. The molecule has 0 amide bonds. The zero-order valence-electron chi connectivity index (χ0n) is 21.0. The van der Waals surface area contributed by atoms with Gasteiger partial charge in [0.05, 0.1) is 10.3 Å². The summed E-state index contributed by atoms with van der Waals surface area (Å²) in [5.41, 5.74) is 0.162. The molecular weight excluding hydrogens is 478 g/mol. The molecule has 3 nitrogen and oxygen atoms in total. The van der Waals surface area contributed by atoms with Crippen LogP contribution < -0.4 is 0 Å². The molecule has 0 atom stereocenters. The zero-order chi connectivity index (χ0) is 26.3. The van der Waals surface area contributed by atoms with Crippen LogP contribution >= 0.6 is 0 Å². The van der Waals surface area contributed by atoms with Crippen molar-refractivity contribution < 1.29 is 4.92 Å². The van der Waals surface area contributed by atoms with Gasteiger partial charge in [-0.3, -0.25) is 10.1 Å². The van der Waals surface area contributed by atoms with Crippen LogP contribution in [0.15, 0.2) is 140 Å². The minimum Gasteiger partial charge on any atom is -0.258 e. The summed E-state index contributed by atoms with van der Waals surface area (Å²) in [7, 11) is 0. The number of benzene rings is 8. The number of rotatable bonds is 1. The van der Waals surface area contributed by atoms with Crippen LogP contribution in [0.5, 0.6) is 0 Å². The molecule has 39 heavy (non-hydrogen) atoms. The van der Waals surface area contributed by atoms with Crippen LogP contribution in [0.1, 0.15) is 0 Å². The Balaban J connectivity index is 0.000000131. The maximum absolute atomic E-state index is 11.4. The molecule has 8 aromatic rings. The minimum atomic E-state index is -0.302. The number of hydrogen-bond acceptors (Lipinski definition) is 2. The summed E-state index contributed by atoms with van der Waals surface area (Å²) >= 11 is 0. The lowest BCUT2D eigenvalue weighted by atomic mass is 9.96.